The minimum atomic E-state index is -0.0369. The maximum atomic E-state index is 12.1. The van der Waals surface area contributed by atoms with Crippen LogP contribution in [0.5, 0.6) is 0 Å². The average molecular weight is 359 g/mol. The Morgan fingerprint density at radius 2 is 2.24 bits per heavy atom. The molecular formula is C18H19ClN4O2. The van der Waals surface area contributed by atoms with Crippen molar-refractivity contribution in [1.29, 1.82) is 0 Å². The monoisotopic (exact) mass is 358 g/mol. The molecule has 3 rings (SSSR count). The van der Waals surface area contributed by atoms with Crippen molar-refractivity contribution in [3.63, 3.8) is 0 Å². The van der Waals surface area contributed by atoms with Gasteiger partial charge < -0.3 is 14.3 Å². The topological polar surface area (TPSA) is 73.0 Å². The van der Waals surface area contributed by atoms with Gasteiger partial charge in [-0.2, -0.15) is 0 Å². The Morgan fingerprint density at radius 3 is 3.00 bits per heavy atom. The highest BCUT2D eigenvalue weighted by Crippen LogP contribution is 2.28. The highest BCUT2D eigenvalue weighted by molar-refractivity contribution is 6.33. The van der Waals surface area contributed by atoms with Gasteiger partial charge >= 0.3 is 0 Å². The molecule has 0 saturated carbocycles. The predicted octanol–water partition coefficient (Wildman–Crippen LogP) is 3.33. The summed E-state index contributed by atoms with van der Waals surface area (Å²) in [6.45, 7) is 2.64. The number of nitrogens with one attached hydrogen (secondary N) is 1. The number of carbonyl (C=O) groups excluding carboxylic acids is 1. The molecule has 1 N–H and O–H groups in total. The molecule has 1 atom stereocenters. The summed E-state index contributed by atoms with van der Waals surface area (Å²) in [7, 11) is 0. The molecule has 0 fully saturated rings. The summed E-state index contributed by atoms with van der Waals surface area (Å²) < 4.78 is 7.63. The first-order chi connectivity index (χ1) is 12.1. The van der Waals surface area contributed by atoms with E-state index in [2.05, 4.69) is 15.3 Å². The Hall–Kier alpha value is -2.60. The van der Waals surface area contributed by atoms with Gasteiger partial charge in [-0.15, -0.1) is 0 Å². The summed E-state index contributed by atoms with van der Waals surface area (Å²) in [4.78, 5) is 20.3. The Kier molecular flexibility index (Phi) is 5.50. The van der Waals surface area contributed by atoms with Gasteiger partial charge in [0.05, 0.1) is 17.5 Å². The summed E-state index contributed by atoms with van der Waals surface area (Å²) in [5, 5.41) is 3.57. The SMILES string of the molecule is C[C@H](Cn1ccnc1)NC(=O)CCc1ncc(-c2ccccc2Cl)o1. The van der Waals surface area contributed by atoms with Gasteiger partial charge in [-0.3, -0.25) is 4.79 Å². The molecule has 1 amide bonds. The van der Waals surface area contributed by atoms with Gasteiger partial charge in [-0.1, -0.05) is 23.7 Å². The molecule has 3 aromatic rings. The largest absolute Gasteiger partial charge is 0.441 e. The molecule has 6 nitrogen and oxygen atoms in total. The van der Waals surface area contributed by atoms with Crippen molar-refractivity contribution in [3.8, 4) is 11.3 Å². The molecule has 0 aliphatic rings. The van der Waals surface area contributed by atoms with Crippen molar-refractivity contribution in [2.75, 3.05) is 0 Å². The molecule has 2 heterocycles. The number of hydrogen-bond acceptors (Lipinski definition) is 4. The molecule has 0 saturated heterocycles. The zero-order chi connectivity index (χ0) is 17.6. The molecule has 25 heavy (non-hydrogen) atoms. The third-order valence-corrected chi connectivity index (χ3v) is 4.04. The number of rotatable bonds is 7. The van der Waals surface area contributed by atoms with Crippen LogP contribution in [0.3, 0.4) is 0 Å². The molecule has 0 bridgehead atoms. The van der Waals surface area contributed by atoms with Crippen LogP contribution in [-0.2, 0) is 17.8 Å². The fourth-order valence-electron chi connectivity index (χ4n) is 2.54. The van der Waals surface area contributed by atoms with Crippen LogP contribution in [0.2, 0.25) is 5.02 Å². The van der Waals surface area contributed by atoms with E-state index in [-0.39, 0.29) is 11.9 Å². The highest BCUT2D eigenvalue weighted by atomic mass is 35.5. The van der Waals surface area contributed by atoms with Crippen molar-refractivity contribution in [1.82, 2.24) is 19.9 Å². The lowest BCUT2D eigenvalue weighted by Gasteiger charge is -2.14. The van der Waals surface area contributed by atoms with E-state index >= 15 is 0 Å². The molecule has 0 aliphatic heterocycles. The number of oxazole rings is 1. The maximum absolute atomic E-state index is 12.1. The smallest absolute Gasteiger partial charge is 0.220 e. The Bertz CT molecular complexity index is 829. The van der Waals surface area contributed by atoms with Gasteiger partial charge in [-0.05, 0) is 19.1 Å². The first-order valence-electron chi connectivity index (χ1n) is 8.06. The number of amides is 1. The Labute approximate surface area is 150 Å². The van der Waals surface area contributed by atoms with E-state index < -0.39 is 0 Å². The van der Waals surface area contributed by atoms with Crippen molar-refractivity contribution < 1.29 is 9.21 Å². The molecule has 130 valence electrons. The Morgan fingerprint density at radius 1 is 1.40 bits per heavy atom. The second-order valence-corrected chi connectivity index (χ2v) is 6.23. The van der Waals surface area contributed by atoms with Crippen LogP contribution in [0.15, 0.2) is 53.6 Å². The van der Waals surface area contributed by atoms with Crippen LogP contribution in [0, 0.1) is 0 Å². The summed E-state index contributed by atoms with van der Waals surface area (Å²) in [6.07, 6.45) is 7.70. The quantitative estimate of drug-likeness (QED) is 0.703. The van der Waals surface area contributed by atoms with Gasteiger partial charge in [0.15, 0.2) is 11.7 Å². The first-order valence-corrected chi connectivity index (χ1v) is 8.44. The van der Waals surface area contributed by atoms with E-state index in [1.807, 2.05) is 35.9 Å². The highest BCUT2D eigenvalue weighted by Gasteiger charge is 2.12. The van der Waals surface area contributed by atoms with Crippen LogP contribution in [0.1, 0.15) is 19.2 Å². The lowest BCUT2D eigenvalue weighted by atomic mass is 10.2. The molecule has 7 heteroatoms. The number of halogens is 1. The van der Waals surface area contributed by atoms with Crippen molar-refractivity contribution in [3.05, 3.63) is 60.1 Å². The van der Waals surface area contributed by atoms with Gasteiger partial charge in [0, 0.05) is 43.4 Å². The van der Waals surface area contributed by atoms with Gasteiger partial charge in [0.1, 0.15) is 0 Å². The van der Waals surface area contributed by atoms with Crippen molar-refractivity contribution in [2.24, 2.45) is 0 Å². The zero-order valence-corrected chi connectivity index (χ0v) is 14.6. The summed E-state index contributed by atoms with van der Waals surface area (Å²) in [5.41, 5.74) is 0.793. The van der Waals surface area contributed by atoms with E-state index in [1.165, 1.54) is 0 Å². The van der Waals surface area contributed by atoms with E-state index in [4.69, 9.17) is 16.0 Å². The Balaban J connectivity index is 1.50. The fourth-order valence-corrected chi connectivity index (χ4v) is 2.76. The number of aromatic nitrogens is 3. The number of nitrogens with zero attached hydrogens (tertiary/aromatic N) is 3. The molecular weight excluding hydrogens is 340 g/mol. The number of imidazole rings is 1. The third-order valence-electron chi connectivity index (χ3n) is 3.71. The number of benzene rings is 1. The summed E-state index contributed by atoms with van der Waals surface area (Å²) in [5.74, 6) is 1.09. The first kappa shape index (κ1) is 17.2. The fraction of sp³-hybridized carbons (Fsp3) is 0.278. The molecule has 1 aromatic carbocycles. The van der Waals surface area contributed by atoms with E-state index in [0.29, 0.717) is 36.1 Å². The van der Waals surface area contributed by atoms with Crippen LogP contribution in [0.25, 0.3) is 11.3 Å². The van der Waals surface area contributed by atoms with E-state index in [1.54, 1.807) is 24.8 Å². The average Bonchev–Trinajstić information content (AvgIpc) is 3.25. The molecule has 0 aliphatic carbocycles. The third kappa shape index (κ3) is 4.70. The van der Waals surface area contributed by atoms with E-state index in [0.717, 1.165) is 5.56 Å². The summed E-state index contributed by atoms with van der Waals surface area (Å²) in [6, 6.07) is 7.44. The second-order valence-electron chi connectivity index (χ2n) is 5.83. The van der Waals surface area contributed by atoms with Crippen LogP contribution >= 0.6 is 11.6 Å². The minimum Gasteiger partial charge on any atom is -0.441 e. The van der Waals surface area contributed by atoms with Gasteiger partial charge in [0.2, 0.25) is 5.91 Å². The predicted molar refractivity (Wildman–Crippen MR) is 95.1 cm³/mol. The normalized spacial score (nSPS) is 12.1. The van der Waals surface area contributed by atoms with Crippen LogP contribution in [0.4, 0.5) is 0 Å². The van der Waals surface area contributed by atoms with E-state index in [9.17, 15) is 4.79 Å². The van der Waals surface area contributed by atoms with Gasteiger partial charge in [0.25, 0.3) is 0 Å². The summed E-state index contributed by atoms with van der Waals surface area (Å²) >= 11 is 6.15. The van der Waals surface area contributed by atoms with Crippen molar-refractivity contribution in [2.45, 2.75) is 32.4 Å². The lowest BCUT2D eigenvalue weighted by Crippen LogP contribution is -2.35. The van der Waals surface area contributed by atoms with Crippen LogP contribution in [-0.4, -0.2) is 26.5 Å². The minimum absolute atomic E-state index is 0.0185. The molecule has 0 spiro atoms. The molecule has 0 unspecified atom stereocenters. The zero-order valence-electron chi connectivity index (χ0n) is 13.9. The van der Waals surface area contributed by atoms with Crippen molar-refractivity contribution >= 4 is 17.5 Å². The van der Waals surface area contributed by atoms with Crippen LogP contribution < -0.4 is 5.32 Å². The maximum Gasteiger partial charge on any atom is 0.220 e. The lowest BCUT2D eigenvalue weighted by molar-refractivity contribution is -0.121. The standard InChI is InChI=1S/C18H19ClN4O2/c1-13(11-23-9-8-20-12-23)22-17(24)6-7-18-21-10-16(25-18)14-4-2-3-5-15(14)19/h2-5,8-10,12-13H,6-7,11H2,1H3,(H,22,24)/t13-/m1/s1. The number of aryl methyl sites for hydroxylation is 1. The van der Waals surface area contributed by atoms with Gasteiger partial charge in [-0.25, -0.2) is 9.97 Å². The molecule has 2 aromatic heterocycles. The number of hydrogen-bond donors (Lipinski definition) is 1. The molecule has 0 radical (unpaired) electrons. The second kappa shape index (κ2) is 7.98. The number of carbonyl (C=O) groups is 1.